The van der Waals surface area contributed by atoms with Crippen molar-refractivity contribution in [3.8, 4) is 5.75 Å². The zero-order valence-corrected chi connectivity index (χ0v) is 18.3. The van der Waals surface area contributed by atoms with Crippen LogP contribution in [0.3, 0.4) is 0 Å². The molecule has 2 unspecified atom stereocenters. The SMILES string of the molecule is Br.Cc1cc2c3c(c1)OC1C[C@@H](O)C=C[C@@]31CC[N+](C)(Cc1ccccc1)C2. The monoisotopic (exact) mass is 442 g/mol. The molecular formula is C24H29BrNO2+. The van der Waals surface area contributed by atoms with Crippen LogP contribution in [0.15, 0.2) is 54.6 Å². The third kappa shape index (κ3) is 3.12. The quantitative estimate of drug-likeness (QED) is 0.549. The lowest BCUT2D eigenvalue weighted by molar-refractivity contribution is -0.935. The van der Waals surface area contributed by atoms with Gasteiger partial charge in [0.1, 0.15) is 24.9 Å². The molecule has 3 nitrogen and oxygen atoms in total. The van der Waals surface area contributed by atoms with Gasteiger partial charge in [0.25, 0.3) is 0 Å². The number of hydrogen-bond acceptors (Lipinski definition) is 2. The van der Waals surface area contributed by atoms with Crippen LogP contribution in [0, 0.1) is 6.92 Å². The van der Waals surface area contributed by atoms with E-state index >= 15 is 0 Å². The first kappa shape index (κ1) is 19.7. The van der Waals surface area contributed by atoms with Crippen molar-refractivity contribution < 1.29 is 14.3 Å². The lowest BCUT2D eigenvalue weighted by Gasteiger charge is -2.37. The molecule has 1 N–H and O–H groups in total. The fourth-order valence-corrected chi connectivity index (χ4v) is 5.49. The maximum absolute atomic E-state index is 10.2. The van der Waals surface area contributed by atoms with Gasteiger partial charge in [-0.1, -0.05) is 42.5 Å². The average molecular weight is 443 g/mol. The molecule has 0 amide bonds. The number of aliphatic hydroxyl groups is 1. The molecule has 0 saturated heterocycles. The first-order valence-corrected chi connectivity index (χ1v) is 10.0. The minimum Gasteiger partial charge on any atom is -0.489 e. The standard InChI is InChI=1S/C24H28NO2.BrH/c1-17-12-19-16-25(2,15-18-6-4-3-5-7-18)11-10-24-9-8-20(26)14-22(24)27-21(13-17)23(19)24;/h3-9,12-13,20,22,26H,10-11,14-16H2,1-2H3;1H/q+1;/t20-,22?,24-,25?;/m0./s1. The summed E-state index contributed by atoms with van der Waals surface area (Å²) in [6, 6.07) is 15.4. The van der Waals surface area contributed by atoms with E-state index in [-0.39, 0.29) is 28.5 Å². The zero-order chi connectivity index (χ0) is 18.6. The fourth-order valence-electron chi connectivity index (χ4n) is 5.49. The molecular weight excluding hydrogens is 414 g/mol. The van der Waals surface area contributed by atoms with E-state index < -0.39 is 6.10 Å². The number of rotatable bonds is 2. The normalized spacial score (nSPS) is 32.5. The van der Waals surface area contributed by atoms with Gasteiger partial charge in [0, 0.05) is 29.5 Å². The molecule has 2 aromatic rings. The summed E-state index contributed by atoms with van der Waals surface area (Å²) in [5.41, 5.74) is 5.38. The molecule has 5 rings (SSSR count). The maximum Gasteiger partial charge on any atom is 0.124 e. The summed E-state index contributed by atoms with van der Waals surface area (Å²) in [6.45, 7) is 5.32. The molecule has 3 aliphatic rings. The van der Waals surface area contributed by atoms with Gasteiger partial charge < -0.3 is 14.3 Å². The summed E-state index contributed by atoms with van der Waals surface area (Å²) in [7, 11) is 2.39. The number of aryl methyl sites for hydroxylation is 1. The Morgan fingerprint density at radius 2 is 2.00 bits per heavy atom. The number of ether oxygens (including phenoxy) is 1. The van der Waals surface area contributed by atoms with E-state index in [0.29, 0.717) is 6.42 Å². The van der Waals surface area contributed by atoms with Crippen molar-refractivity contribution in [2.24, 2.45) is 0 Å². The summed E-state index contributed by atoms with van der Waals surface area (Å²) >= 11 is 0. The molecule has 4 heteroatoms. The van der Waals surface area contributed by atoms with Crippen LogP contribution in [0.25, 0.3) is 0 Å². The van der Waals surface area contributed by atoms with Crippen LogP contribution in [0.4, 0.5) is 0 Å². The van der Waals surface area contributed by atoms with E-state index in [1.807, 2.05) is 6.08 Å². The minimum absolute atomic E-state index is 0. The maximum atomic E-state index is 10.2. The highest BCUT2D eigenvalue weighted by atomic mass is 79.9. The number of aliphatic hydroxyl groups excluding tert-OH is 1. The topological polar surface area (TPSA) is 29.5 Å². The lowest BCUT2D eigenvalue weighted by atomic mass is 9.69. The third-order valence-electron chi connectivity index (χ3n) is 6.73. The molecule has 2 aliphatic heterocycles. The largest absolute Gasteiger partial charge is 0.489 e. The molecule has 0 radical (unpaired) electrons. The van der Waals surface area contributed by atoms with Crippen molar-refractivity contribution in [3.63, 3.8) is 0 Å². The summed E-state index contributed by atoms with van der Waals surface area (Å²) in [6.07, 6.45) is 5.66. The summed E-state index contributed by atoms with van der Waals surface area (Å²) in [5.74, 6) is 1.04. The zero-order valence-electron chi connectivity index (χ0n) is 16.6. The molecule has 2 aromatic carbocycles. The number of nitrogens with zero attached hydrogens (tertiary/aromatic N) is 1. The van der Waals surface area contributed by atoms with Crippen molar-refractivity contribution in [1.29, 1.82) is 0 Å². The van der Waals surface area contributed by atoms with E-state index in [1.165, 1.54) is 22.3 Å². The molecule has 1 aliphatic carbocycles. The molecule has 4 atom stereocenters. The Bertz CT molecular complexity index is 912. The first-order chi connectivity index (χ1) is 13.0. The van der Waals surface area contributed by atoms with Crippen molar-refractivity contribution >= 4 is 17.0 Å². The Kier molecular flexibility index (Phi) is 4.93. The van der Waals surface area contributed by atoms with E-state index in [1.54, 1.807) is 0 Å². The molecule has 0 aromatic heterocycles. The van der Waals surface area contributed by atoms with Gasteiger partial charge in [-0.05, 0) is 24.6 Å². The van der Waals surface area contributed by atoms with Crippen molar-refractivity contribution in [2.45, 2.75) is 50.5 Å². The summed E-state index contributed by atoms with van der Waals surface area (Å²) in [4.78, 5) is 0. The van der Waals surface area contributed by atoms with Crippen LogP contribution in [0.1, 0.15) is 35.1 Å². The Morgan fingerprint density at radius 1 is 1.21 bits per heavy atom. The first-order valence-electron chi connectivity index (χ1n) is 10.0. The highest BCUT2D eigenvalue weighted by molar-refractivity contribution is 8.93. The highest BCUT2D eigenvalue weighted by Crippen LogP contribution is 2.53. The summed E-state index contributed by atoms with van der Waals surface area (Å²) < 4.78 is 7.41. The van der Waals surface area contributed by atoms with E-state index in [2.05, 4.69) is 62.5 Å². The number of benzene rings is 2. The van der Waals surface area contributed by atoms with Gasteiger partial charge in [-0.3, -0.25) is 0 Å². The van der Waals surface area contributed by atoms with Gasteiger partial charge in [-0.25, -0.2) is 0 Å². The highest BCUT2D eigenvalue weighted by Gasteiger charge is 2.53. The van der Waals surface area contributed by atoms with E-state index in [0.717, 1.165) is 36.3 Å². The second kappa shape index (κ2) is 7.01. The van der Waals surface area contributed by atoms with Gasteiger partial charge in [0.15, 0.2) is 0 Å². The van der Waals surface area contributed by atoms with Gasteiger partial charge in [0.2, 0.25) is 0 Å². The van der Waals surface area contributed by atoms with Gasteiger partial charge >= 0.3 is 0 Å². The molecule has 0 bridgehead atoms. The Balaban J connectivity index is 0.00000192. The van der Waals surface area contributed by atoms with Crippen LogP contribution in [-0.2, 0) is 18.5 Å². The molecule has 0 fully saturated rings. The number of quaternary nitrogens is 1. The molecule has 148 valence electrons. The van der Waals surface area contributed by atoms with Crippen LogP contribution in [0.2, 0.25) is 0 Å². The van der Waals surface area contributed by atoms with E-state index in [9.17, 15) is 5.11 Å². The lowest BCUT2D eigenvalue weighted by Crippen LogP contribution is -2.46. The van der Waals surface area contributed by atoms with Crippen LogP contribution in [-0.4, -0.2) is 35.4 Å². The second-order valence-corrected chi connectivity index (χ2v) is 9.00. The smallest absolute Gasteiger partial charge is 0.124 e. The average Bonchev–Trinajstić information content (AvgIpc) is 2.87. The van der Waals surface area contributed by atoms with Gasteiger partial charge in [-0.15, -0.1) is 17.0 Å². The van der Waals surface area contributed by atoms with Gasteiger partial charge in [-0.2, -0.15) is 0 Å². The van der Waals surface area contributed by atoms with Crippen molar-refractivity contribution in [3.05, 3.63) is 76.9 Å². The molecule has 0 saturated carbocycles. The summed E-state index contributed by atoms with van der Waals surface area (Å²) in [5, 5.41) is 10.2. The predicted octanol–water partition coefficient (Wildman–Crippen LogP) is 4.44. The number of hydrogen-bond donors (Lipinski definition) is 1. The fraction of sp³-hybridized carbons (Fsp3) is 0.417. The Hall–Kier alpha value is -1.62. The number of halogens is 1. The van der Waals surface area contributed by atoms with E-state index in [4.69, 9.17) is 4.74 Å². The Morgan fingerprint density at radius 3 is 2.79 bits per heavy atom. The molecule has 28 heavy (non-hydrogen) atoms. The van der Waals surface area contributed by atoms with Crippen molar-refractivity contribution in [2.75, 3.05) is 13.6 Å². The molecule has 1 spiro atoms. The molecule has 2 heterocycles. The van der Waals surface area contributed by atoms with Gasteiger partial charge in [0.05, 0.1) is 25.1 Å². The van der Waals surface area contributed by atoms with Crippen LogP contribution < -0.4 is 4.74 Å². The third-order valence-corrected chi connectivity index (χ3v) is 6.73. The minimum atomic E-state index is -0.395. The van der Waals surface area contributed by atoms with Crippen LogP contribution >= 0.6 is 17.0 Å². The van der Waals surface area contributed by atoms with Crippen molar-refractivity contribution in [1.82, 2.24) is 0 Å². The Labute approximate surface area is 178 Å². The predicted molar refractivity (Wildman–Crippen MR) is 117 cm³/mol. The van der Waals surface area contributed by atoms with Crippen LogP contribution in [0.5, 0.6) is 5.75 Å². The second-order valence-electron chi connectivity index (χ2n) is 9.00.